The molecule has 2 aromatic rings. The number of rotatable bonds is 7. The molecule has 1 heterocycles. The number of carbonyl (C=O) groups is 2. The quantitative estimate of drug-likeness (QED) is 0.665. The van der Waals surface area contributed by atoms with E-state index >= 15 is 0 Å². The van der Waals surface area contributed by atoms with E-state index < -0.39 is 0 Å². The Morgan fingerprint density at radius 3 is 2.26 bits per heavy atom. The van der Waals surface area contributed by atoms with Crippen molar-refractivity contribution in [3.8, 4) is 5.75 Å². The monoisotopic (exact) mass is 422 g/mol. The molecule has 1 N–H and O–H groups in total. The summed E-state index contributed by atoms with van der Waals surface area (Å²) in [7, 11) is 0. The van der Waals surface area contributed by atoms with Crippen LogP contribution in [0.5, 0.6) is 5.75 Å². The van der Waals surface area contributed by atoms with Crippen LogP contribution in [0.25, 0.3) is 0 Å². The summed E-state index contributed by atoms with van der Waals surface area (Å²) in [5, 5.41) is 3.11. The second-order valence-electron chi connectivity index (χ2n) is 9.23. The average molecular weight is 423 g/mol. The number of ether oxygens (including phenoxy) is 1. The minimum atomic E-state index is 0.0548. The van der Waals surface area contributed by atoms with E-state index in [0.717, 1.165) is 24.2 Å². The van der Waals surface area contributed by atoms with Gasteiger partial charge in [-0.05, 0) is 54.5 Å². The number of amides is 2. The summed E-state index contributed by atoms with van der Waals surface area (Å²) in [4.78, 5) is 26.9. The third-order valence-electron chi connectivity index (χ3n) is 5.71. The molecular weight excluding hydrogens is 388 g/mol. The number of likely N-dealkylation sites (tertiary alicyclic amines) is 1. The lowest BCUT2D eigenvalue weighted by Crippen LogP contribution is -2.46. The van der Waals surface area contributed by atoms with Crippen molar-refractivity contribution in [2.75, 3.05) is 19.7 Å². The van der Waals surface area contributed by atoms with Crippen LogP contribution in [-0.2, 0) is 10.2 Å². The smallest absolute Gasteiger partial charge is 0.253 e. The van der Waals surface area contributed by atoms with E-state index in [1.54, 1.807) is 0 Å². The first kappa shape index (κ1) is 22.9. The van der Waals surface area contributed by atoms with Gasteiger partial charge in [-0.2, -0.15) is 0 Å². The molecule has 0 atom stereocenters. The molecule has 0 saturated carbocycles. The van der Waals surface area contributed by atoms with Crippen molar-refractivity contribution in [2.45, 2.75) is 57.9 Å². The normalized spacial score (nSPS) is 14.9. The molecule has 166 valence electrons. The van der Waals surface area contributed by atoms with Gasteiger partial charge in [0.1, 0.15) is 5.75 Å². The average Bonchev–Trinajstić information content (AvgIpc) is 2.77. The van der Waals surface area contributed by atoms with Crippen LogP contribution in [0.15, 0.2) is 54.6 Å². The molecule has 1 aliphatic heterocycles. The second kappa shape index (κ2) is 10.5. The Morgan fingerprint density at radius 1 is 1.00 bits per heavy atom. The zero-order chi connectivity index (χ0) is 22.3. The first-order valence-corrected chi connectivity index (χ1v) is 11.2. The Morgan fingerprint density at radius 2 is 1.65 bits per heavy atom. The molecule has 3 rings (SSSR count). The number of piperidine rings is 1. The lowest BCUT2D eigenvalue weighted by Gasteiger charge is -2.32. The highest BCUT2D eigenvalue weighted by molar-refractivity contribution is 5.94. The highest BCUT2D eigenvalue weighted by Crippen LogP contribution is 2.23. The lowest BCUT2D eigenvalue weighted by atomic mass is 9.86. The molecule has 2 amide bonds. The molecule has 5 nitrogen and oxygen atoms in total. The maximum absolute atomic E-state index is 12.8. The van der Waals surface area contributed by atoms with E-state index in [1.165, 1.54) is 5.56 Å². The molecule has 31 heavy (non-hydrogen) atoms. The molecule has 0 radical (unpaired) electrons. The van der Waals surface area contributed by atoms with Crippen LogP contribution in [0.2, 0.25) is 0 Å². The summed E-state index contributed by atoms with van der Waals surface area (Å²) in [5.41, 5.74) is 2.03. The second-order valence-corrected chi connectivity index (χ2v) is 9.23. The van der Waals surface area contributed by atoms with Crippen LogP contribution in [0.4, 0.5) is 0 Å². The fourth-order valence-electron chi connectivity index (χ4n) is 3.76. The van der Waals surface area contributed by atoms with E-state index in [4.69, 9.17) is 4.74 Å². The molecule has 2 aromatic carbocycles. The third-order valence-corrected chi connectivity index (χ3v) is 5.71. The van der Waals surface area contributed by atoms with Crippen molar-refractivity contribution >= 4 is 11.8 Å². The minimum Gasteiger partial charge on any atom is -0.494 e. The van der Waals surface area contributed by atoms with Crippen LogP contribution in [0, 0.1) is 0 Å². The number of nitrogens with one attached hydrogen (secondary N) is 1. The van der Waals surface area contributed by atoms with E-state index in [9.17, 15) is 9.59 Å². The van der Waals surface area contributed by atoms with Gasteiger partial charge in [0, 0.05) is 31.1 Å². The highest BCUT2D eigenvalue weighted by Gasteiger charge is 2.25. The Kier molecular flexibility index (Phi) is 7.72. The Balaban J connectivity index is 1.37. The van der Waals surface area contributed by atoms with Gasteiger partial charge >= 0.3 is 0 Å². The zero-order valence-corrected chi connectivity index (χ0v) is 18.9. The molecule has 1 saturated heterocycles. The van der Waals surface area contributed by atoms with Gasteiger partial charge in [0.15, 0.2) is 0 Å². The van der Waals surface area contributed by atoms with Gasteiger partial charge in [-0.15, -0.1) is 0 Å². The summed E-state index contributed by atoms with van der Waals surface area (Å²) >= 11 is 0. The maximum Gasteiger partial charge on any atom is 0.253 e. The third kappa shape index (κ3) is 6.84. The van der Waals surface area contributed by atoms with Crippen molar-refractivity contribution in [3.05, 3.63) is 65.7 Å². The first-order chi connectivity index (χ1) is 14.8. The van der Waals surface area contributed by atoms with Crippen molar-refractivity contribution in [3.63, 3.8) is 0 Å². The molecular formula is C26H34N2O3. The molecule has 0 unspecified atom stereocenters. The fourth-order valence-corrected chi connectivity index (χ4v) is 3.76. The molecule has 1 aliphatic rings. The molecule has 0 spiro atoms. The van der Waals surface area contributed by atoms with Gasteiger partial charge < -0.3 is 15.0 Å². The molecule has 1 fully saturated rings. The summed E-state index contributed by atoms with van der Waals surface area (Å²) < 4.78 is 5.63. The highest BCUT2D eigenvalue weighted by atomic mass is 16.5. The van der Waals surface area contributed by atoms with Crippen molar-refractivity contribution in [1.29, 1.82) is 0 Å². The number of hydrogen-bond acceptors (Lipinski definition) is 3. The summed E-state index contributed by atoms with van der Waals surface area (Å²) in [6, 6.07) is 17.7. The van der Waals surface area contributed by atoms with Crippen LogP contribution < -0.4 is 10.1 Å². The summed E-state index contributed by atoms with van der Waals surface area (Å²) in [5.74, 6) is 0.954. The van der Waals surface area contributed by atoms with E-state index in [2.05, 4.69) is 26.1 Å². The van der Waals surface area contributed by atoms with E-state index in [1.807, 2.05) is 59.5 Å². The Bertz CT molecular complexity index is 848. The van der Waals surface area contributed by atoms with Gasteiger partial charge in [-0.1, -0.05) is 51.1 Å². The van der Waals surface area contributed by atoms with Crippen molar-refractivity contribution in [2.24, 2.45) is 0 Å². The minimum absolute atomic E-state index is 0.0548. The van der Waals surface area contributed by atoms with Gasteiger partial charge in [0.05, 0.1) is 6.61 Å². The molecule has 0 aliphatic carbocycles. The summed E-state index contributed by atoms with van der Waals surface area (Å²) in [6.07, 6.45) is 2.71. The van der Waals surface area contributed by atoms with Gasteiger partial charge in [0.2, 0.25) is 5.91 Å². The standard InChI is InChI=1S/C26H34N2O3/c1-26(2,3)21-13-11-20(12-14-21)25(30)28-17-15-22(16-18-28)27-24(29)10-7-19-31-23-8-5-4-6-9-23/h4-6,8-9,11-14,22H,7,10,15-19H2,1-3H3,(H,27,29). The number of nitrogens with zero attached hydrogens (tertiary/aromatic N) is 1. The zero-order valence-electron chi connectivity index (χ0n) is 18.9. The molecule has 5 heteroatoms. The van der Waals surface area contributed by atoms with Crippen LogP contribution in [-0.4, -0.2) is 42.5 Å². The van der Waals surface area contributed by atoms with Crippen molar-refractivity contribution < 1.29 is 14.3 Å². The van der Waals surface area contributed by atoms with Gasteiger partial charge in [-0.25, -0.2) is 0 Å². The predicted octanol–water partition coefficient (Wildman–Crippen LogP) is 4.56. The van der Waals surface area contributed by atoms with E-state index in [-0.39, 0.29) is 23.3 Å². The van der Waals surface area contributed by atoms with Crippen LogP contribution in [0.3, 0.4) is 0 Å². The predicted molar refractivity (Wildman–Crippen MR) is 123 cm³/mol. The number of para-hydroxylation sites is 1. The fraction of sp³-hybridized carbons (Fsp3) is 0.462. The van der Waals surface area contributed by atoms with Crippen molar-refractivity contribution in [1.82, 2.24) is 10.2 Å². The number of benzene rings is 2. The van der Waals surface area contributed by atoms with Gasteiger partial charge in [0.25, 0.3) is 5.91 Å². The largest absolute Gasteiger partial charge is 0.494 e. The SMILES string of the molecule is CC(C)(C)c1ccc(C(=O)N2CCC(NC(=O)CCCOc3ccccc3)CC2)cc1. The van der Waals surface area contributed by atoms with E-state index in [0.29, 0.717) is 32.5 Å². The lowest BCUT2D eigenvalue weighted by molar-refractivity contribution is -0.122. The maximum atomic E-state index is 12.8. The first-order valence-electron chi connectivity index (χ1n) is 11.2. The van der Waals surface area contributed by atoms with Crippen LogP contribution in [0.1, 0.15) is 62.4 Å². The topological polar surface area (TPSA) is 58.6 Å². The Hall–Kier alpha value is -2.82. The summed E-state index contributed by atoms with van der Waals surface area (Å²) in [6.45, 7) is 8.36. The van der Waals surface area contributed by atoms with Crippen LogP contribution >= 0.6 is 0 Å². The number of carbonyl (C=O) groups excluding carboxylic acids is 2. The Labute approximate surface area is 185 Å². The molecule has 0 aromatic heterocycles. The van der Waals surface area contributed by atoms with Gasteiger partial charge in [-0.3, -0.25) is 9.59 Å². The number of hydrogen-bond donors (Lipinski definition) is 1. The molecule has 0 bridgehead atoms.